The van der Waals surface area contributed by atoms with Crippen molar-refractivity contribution in [3.8, 4) is 11.3 Å². The molecule has 1 fully saturated rings. The van der Waals surface area contributed by atoms with Gasteiger partial charge < -0.3 is 9.67 Å². The molecule has 2 aromatic rings. The Labute approximate surface area is 132 Å². The van der Waals surface area contributed by atoms with Crippen LogP contribution < -0.4 is 0 Å². The fourth-order valence-corrected chi connectivity index (χ4v) is 4.32. The molecule has 1 aliphatic carbocycles. The van der Waals surface area contributed by atoms with Crippen LogP contribution >= 0.6 is 0 Å². The van der Waals surface area contributed by atoms with Crippen LogP contribution in [0.1, 0.15) is 50.0 Å². The second-order valence-corrected chi connectivity index (χ2v) is 6.92. The highest BCUT2D eigenvalue weighted by Gasteiger charge is 2.29. The molecule has 0 bridgehead atoms. The number of aliphatic hydroxyl groups is 1. The normalized spacial score (nSPS) is 22.9. The molecule has 2 heterocycles. The summed E-state index contributed by atoms with van der Waals surface area (Å²) in [4.78, 5) is 4.31. The van der Waals surface area contributed by atoms with Crippen molar-refractivity contribution in [1.82, 2.24) is 9.55 Å². The van der Waals surface area contributed by atoms with E-state index in [-0.39, 0.29) is 6.10 Å². The third-order valence-corrected chi connectivity index (χ3v) is 5.53. The molecule has 0 saturated heterocycles. The standard InChI is InChI=1S/C19H24N2O/c22-19(14-6-2-1-3-7-14)10-15-12-21-13-20-11-18(21)17-9-5-4-8-16(15)17/h4-5,8-9,11,13-15,19,22H,1-3,6-7,10,12H2/t15?,19-/m0/s1. The number of hydrogen-bond acceptors (Lipinski definition) is 2. The van der Waals surface area contributed by atoms with E-state index in [4.69, 9.17) is 0 Å². The number of imidazole rings is 1. The van der Waals surface area contributed by atoms with E-state index in [2.05, 4.69) is 33.8 Å². The number of hydrogen-bond donors (Lipinski definition) is 1. The van der Waals surface area contributed by atoms with Crippen molar-refractivity contribution in [3.63, 3.8) is 0 Å². The second-order valence-electron chi connectivity index (χ2n) is 6.92. The topological polar surface area (TPSA) is 38.0 Å². The Morgan fingerprint density at radius 2 is 2.00 bits per heavy atom. The summed E-state index contributed by atoms with van der Waals surface area (Å²) in [7, 11) is 0. The van der Waals surface area contributed by atoms with Crippen LogP contribution in [0.4, 0.5) is 0 Å². The molecular formula is C19H24N2O. The van der Waals surface area contributed by atoms with Crippen molar-refractivity contribution in [2.45, 2.75) is 57.1 Å². The lowest BCUT2D eigenvalue weighted by Gasteiger charge is -2.32. The Morgan fingerprint density at radius 3 is 2.86 bits per heavy atom. The first kappa shape index (κ1) is 14.0. The fraction of sp³-hybridized carbons (Fsp3) is 0.526. The summed E-state index contributed by atoms with van der Waals surface area (Å²) in [6.45, 7) is 0.941. The Bertz CT molecular complexity index is 642. The molecular weight excluding hydrogens is 272 g/mol. The molecule has 22 heavy (non-hydrogen) atoms. The van der Waals surface area contributed by atoms with Crippen LogP contribution in [0.15, 0.2) is 36.8 Å². The highest BCUT2D eigenvalue weighted by Crippen LogP contribution is 2.39. The predicted octanol–water partition coefficient (Wildman–Crippen LogP) is 3.98. The van der Waals surface area contributed by atoms with Gasteiger partial charge in [0.05, 0.1) is 24.3 Å². The summed E-state index contributed by atoms with van der Waals surface area (Å²) in [5, 5.41) is 10.7. The molecule has 1 saturated carbocycles. The van der Waals surface area contributed by atoms with Gasteiger partial charge in [-0.3, -0.25) is 0 Å². The van der Waals surface area contributed by atoms with Crippen molar-refractivity contribution < 1.29 is 5.11 Å². The molecule has 1 aromatic heterocycles. The molecule has 2 atom stereocenters. The first-order valence-corrected chi connectivity index (χ1v) is 8.60. The van der Waals surface area contributed by atoms with Crippen LogP contribution in [0, 0.1) is 5.92 Å². The van der Waals surface area contributed by atoms with Crippen LogP contribution in [-0.2, 0) is 6.54 Å². The van der Waals surface area contributed by atoms with Crippen molar-refractivity contribution in [3.05, 3.63) is 42.4 Å². The first-order chi connectivity index (χ1) is 10.8. The third kappa shape index (κ3) is 2.48. The van der Waals surface area contributed by atoms with E-state index >= 15 is 0 Å². The largest absolute Gasteiger partial charge is 0.393 e. The van der Waals surface area contributed by atoms with E-state index in [0.29, 0.717) is 11.8 Å². The highest BCUT2D eigenvalue weighted by molar-refractivity contribution is 5.66. The molecule has 1 N–H and O–H groups in total. The van der Waals surface area contributed by atoms with Crippen molar-refractivity contribution in [2.75, 3.05) is 0 Å². The molecule has 4 rings (SSSR count). The van der Waals surface area contributed by atoms with Crippen molar-refractivity contribution in [1.29, 1.82) is 0 Å². The zero-order chi connectivity index (χ0) is 14.9. The van der Waals surface area contributed by atoms with Gasteiger partial charge in [0, 0.05) is 18.0 Å². The van der Waals surface area contributed by atoms with Gasteiger partial charge in [0.1, 0.15) is 0 Å². The Hall–Kier alpha value is -1.61. The van der Waals surface area contributed by atoms with Gasteiger partial charge >= 0.3 is 0 Å². The molecule has 1 aliphatic heterocycles. The molecule has 0 radical (unpaired) electrons. The maximum absolute atomic E-state index is 10.7. The molecule has 0 amide bonds. The lowest BCUT2D eigenvalue weighted by Crippen LogP contribution is -2.27. The average Bonchev–Trinajstić information content (AvgIpc) is 3.04. The monoisotopic (exact) mass is 296 g/mol. The van der Waals surface area contributed by atoms with E-state index in [0.717, 1.165) is 13.0 Å². The summed E-state index contributed by atoms with van der Waals surface area (Å²) >= 11 is 0. The van der Waals surface area contributed by atoms with Crippen LogP contribution in [-0.4, -0.2) is 20.8 Å². The van der Waals surface area contributed by atoms with Crippen LogP contribution in [0.25, 0.3) is 11.3 Å². The number of nitrogens with zero attached hydrogens (tertiary/aromatic N) is 2. The van der Waals surface area contributed by atoms with Gasteiger partial charge in [-0.2, -0.15) is 0 Å². The molecule has 3 heteroatoms. The number of aliphatic hydroxyl groups excluding tert-OH is 1. The average molecular weight is 296 g/mol. The van der Waals surface area contributed by atoms with Gasteiger partial charge in [-0.25, -0.2) is 4.98 Å². The van der Waals surface area contributed by atoms with Crippen molar-refractivity contribution in [2.24, 2.45) is 5.92 Å². The number of fused-ring (bicyclic) bond motifs is 3. The Kier molecular flexibility index (Phi) is 3.75. The molecule has 3 nitrogen and oxygen atoms in total. The minimum Gasteiger partial charge on any atom is -0.393 e. The summed E-state index contributed by atoms with van der Waals surface area (Å²) in [6, 6.07) is 8.62. The Morgan fingerprint density at radius 1 is 1.18 bits per heavy atom. The fourth-order valence-electron chi connectivity index (χ4n) is 4.32. The second kappa shape index (κ2) is 5.88. The van der Waals surface area contributed by atoms with E-state index in [1.807, 2.05) is 12.5 Å². The number of rotatable bonds is 3. The molecule has 116 valence electrons. The van der Waals surface area contributed by atoms with Crippen LogP contribution in [0.3, 0.4) is 0 Å². The zero-order valence-corrected chi connectivity index (χ0v) is 13.0. The quantitative estimate of drug-likeness (QED) is 0.930. The highest BCUT2D eigenvalue weighted by atomic mass is 16.3. The first-order valence-electron chi connectivity index (χ1n) is 8.60. The molecule has 0 spiro atoms. The van der Waals surface area contributed by atoms with Crippen LogP contribution in [0.5, 0.6) is 0 Å². The van der Waals surface area contributed by atoms with E-state index in [9.17, 15) is 5.11 Å². The van der Waals surface area contributed by atoms with Gasteiger partial charge in [0.25, 0.3) is 0 Å². The van der Waals surface area contributed by atoms with Gasteiger partial charge in [0.15, 0.2) is 0 Å². The summed E-state index contributed by atoms with van der Waals surface area (Å²) in [5.41, 5.74) is 3.87. The Balaban J connectivity index is 1.58. The zero-order valence-electron chi connectivity index (χ0n) is 13.0. The van der Waals surface area contributed by atoms with Gasteiger partial charge in [-0.1, -0.05) is 43.5 Å². The minimum atomic E-state index is -0.163. The van der Waals surface area contributed by atoms with E-state index < -0.39 is 0 Å². The summed E-state index contributed by atoms with van der Waals surface area (Å²) in [6.07, 6.45) is 10.9. The molecule has 1 aromatic carbocycles. The van der Waals surface area contributed by atoms with Gasteiger partial charge in [0.2, 0.25) is 0 Å². The van der Waals surface area contributed by atoms with Gasteiger partial charge in [-0.15, -0.1) is 0 Å². The lowest BCUT2D eigenvalue weighted by molar-refractivity contribution is 0.0688. The maximum atomic E-state index is 10.7. The predicted molar refractivity (Wildman–Crippen MR) is 87.6 cm³/mol. The van der Waals surface area contributed by atoms with Crippen molar-refractivity contribution >= 4 is 0 Å². The lowest BCUT2D eigenvalue weighted by atomic mass is 9.79. The summed E-state index contributed by atoms with van der Waals surface area (Å²) in [5.74, 6) is 0.903. The third-order valence-electron chi connectivity index (χ3n) is 5.53. The molecule has 1 unspecified atom stereocenters. The van der Waals surface area contributed by atoms with Gasteiger partial charge in [-0.05, 0) is 30.7 Å². The van der Waals surface area contributed by atoms with E-state index in [1.54, 1.807) is 0 Å². The minimum absolute atomic E-state index is 0.163. The van der Waals surface area contributed by atoms with Crippen LogP contribution in [0.2, 0.25) is 0 Å². The summed E-state index contributed by atoms with van der Waals surface area (Å²) < 4.78 is 2.24. The number of aromatic nitrogens is 2. The number of benzene rings is 1. The molecule has 2 aliphatic rings. The van der Waals surface area contributed by atoms with E-state index in [1.165, 1.54) is 48.9 Å². The smallest absolute Gasteiger partial charge is 0.0951 e. The maximum Gasteiger partial charge on any atom is 0.0951 e. The SMILES string of the molecule is O[C@@H](CC1Cn2cncc2-c2ccccc21)C1CCCCC1.